The van der Waals surface area contributed by atoms with Crippen molar-refractivity contribution in [3.63, 3.8) is 0 Å². The van der Waals surface area contributed by atoms with Crippen LogP contribution in [0.15, 0.2) is 84.9 Å². The van der Waals surface area contributed by atoms with Crippen molar-refractivity contribution in [2.24, 2.45) is 0 Å². The van der Waals surface area contributed by atoms with Crippen LogP contribution in [-0.2, 0) is 0 Å². The zero-order valence-electron chi connectivity index (χ0n) is 31.5. The molecule has 0 saturated carbocycles. The minimum Gasteiger partial charge on any atom is -0.125 e. The Labute approximate surface area is 301 Å². The molecule has 0 radical (unpaired) electrons. The predicted octanol–water partition coefficient (Wildman–Crippen LogP) is 13.5. The summed E-state index contributed by atoms with van der Waals surface area (Å²) in [5.41, 5.74) is 12.5. The molecule has 0 unspecified atom stereocenters. The molecule has 0 bridgehead atoms. The van der Waals surface area contributed by atoms with Crippen LogP contribution in [0.5, 0.6) is 0 Å². The number of benzene rings is 6. The molecule has 0 N–H and O–H groups in total. The fourth-order valence-corrected chi connectivity index (χ4v) is 14.1. The van der Waals surface area contributed by atoms with Gasteiger partial charge in [0.05, 0.1) is 0 Å². The number of hydrogen-bond donors (Lipinski definition) is 0. The van der Waals surface area contributed by atoms with Gasteiger partial charge in [-0.15, -0.1) is 12.0 Å². The molecule has 0 aliphatic rings. The first-order valence-corrected chi connectivity index (χ1v) is 20.6. The van der Waals surface area contributed by atoms with Crippen LogP contribution in [0.3, 0.4) is 0 Å². The van der Waals surface area contributed by atoms with E-state index in [1.807, 2.05) is 6.07 Å². The minimum atomic E-state index is -1.90. The summed E-state index contributed by atoms with van der Waals surface area (Å²) in [6, 6.07) is 30.7. The van der Waals surface area contributed by atoms with Crippen LogP contribution < -0.4 is 0 Å². The molecule has 0 amide bonds. The lowest BCUT2D eigenvalue weighted by Crippen LogP contribution is -2.43. The summed E-state index contributed by atoms with van der Waals surface area (Å²) in [4.78, 5) is 0. The average Bonchev–Trinajstić information content (AvgIpc) is 3.07. The minimum absolute atomic E-state index is 0.338. The van der Waals surface area contributed by atoms with Crippen LogP contribution in [0.4, 0.5) is 0 Å². The molecule has 250 valence electrons. The summed E-state index contributed by atoms with van der Waals surface area (Å²) in [7, 11) is -1.90. The van der Waals surface area contributed by atoms with Crippen molar-refractivity contribution >= 4 is 51.2 Å². The van der Waals surface area contributed by atoms with Crippen molar-refractivity contribution < 1.29 is 0 Å². The molecule has 50 heavy (non-hydrogen) atoms. The van der Waals surface area contributed by atoms with Gasteiger partial charge in [-0.25, -0.2) is 0 Å². The Kier molecular flexibility index (Phi) is 9.74. The Morgan fingerprint density at radius 3 is 1.06 bits per heavy atom. The topological polar surface area (TPSA) is 0 Å². The summed E-state index contributed by atoms with van der Waals surface area (Å²) < 4.78 is 0. The molecule has 0 heterocycles. The number of hydrogen-bond acceptors (Lipinski definition) is 0. The van der Waals surface area contributed by atoms with Crippen molar-refractivity contribution in [1.29, 1.82) is 0 Å². The van der Waals surface area contributed by atoms with Gasteiger partial charge in [-0.05, 0) is 119 Å². The van der Waals surface area contributed by atoms with E-state index in [0.29, 0.717) is 28.5 Å². The Morgan fingerprint density at radius 1 is 0.420 bits per heavy atom. The summed E-state index contributed by atoms with van der Waals surface area (Å²) in [6.45, 7) is 23.4. The van der Waals surface area contributed by atoms with E-state index in [4.69, 9.17) is 6.42 Å². The van der Waals surface area contributed by atoms with Gasteiger partial charge in [0.15, 0.2) is 0 Å². The second-order valence-corrected chi connectivity index (χ2v) is 21.1. The Hall–Kier alpha value is -4.74. The van der Waals surface area contributed by atoms with Gasteiger partial charge in [0.2, 0.25) is 0 Å². The third-order valence-electron chi connectivity index (χ3n) is 11.1. The van der Waals surface area contributed by atoms with E-state index in [1.165, 1.54) is 43.4 Å². The highest BCUT2D eigenvalue weighted by molar-refractivity contribution is 6.90. The number of fused-ring (bicyclic) bond motifs is 4. The van der Waals surface area contributed by atoms with Crippen LogP contribution >= 0.6 is 0 Å². The third-order valence-corrected chi connectivity index (χ3v) is 17.4. The Morgan fingerprint density at radius 2 is 0.740 bits per heavy atom. The lowest BCUT2D eigenvalue weighted by atomic mass is 9.87. The normalized spacial score (nSPS) is 12.0. The van der Waals surface area contributed by atoms with E-state index in [1.54, 1.807) is 0 Å². The van der Waals surface area contributed by atoms with E-state index in [0.717, 1.165) is 33.0 Å². The highest BCUT2D eigenvalue weighted by Gasteiger charge is 2.41. The molecule has 6 aromatic carbocycles. The molecule has 0 spiro atoms. The number of rotatable bonds is 5. The fourth-order valence-electron chi connectivity index (χ4n) is 8.84. The Bertz CT molecular complexity index is 2420. The molecule has 6 aromatic rings. The second kappa shape index (κ2) is 13.9. The highest BCUT2D eigenvalue weighted by Crippen LogP contribution is 2.42. The first-order chi connectivity index (χ1) is 23.9. The molecular weight excluding hydrogens is 617 g/mol. The van der Waals surface area contributed by atoms with Crippen LogP contribution in [0, 0.1) is 35.6 Å². The van der Waals surface area contributed by atoms with Crippen molar-refractivity contribution in [2.45, 2.75) is 97.7 Å². The Balaban J connectivity index is 1.61. The summed E-state index contributed by atoms with van der Waals surface area (Å²) in [5, 5.41) is 9.71. The summed E-state index contributed by atoms with van der Waals surface area (Å²) in [5.74, 6) is 14.7. The third kappa shape index (κ3) is 5.92. The van der Waals surface area contributed by atoms with Gasteiger partial charge in [0.25, 0.3) is 0 Å². The first kappa shape index (κ1) is 35.1. The maximum atomic E-state index is 5.99. The standard InChI is InChI=1S/C49H50Si/c1-12-36-17-13-21-40-44(36)29-45-37(18-14-22-41(45)48(40)31(2)3)25-26-38-19-15-23-42-46(38)30-47-39(20-16-24-43(47)49(42)32(4)5)27-28-50(33(6)7,34(8)9)35(10)11/h1,13-24,29-35H,2-11H3. The lowest BCUT2D eigenvalue weighted by molar-refractivity contribution is 0.838. The molecule has 0 aliphatic carbocycles. The van der Waals surface area contributed by atoms with E-state index < -0.39 is 8.07 Å². The van der Waals surface area contributed by atoms with E-state index in [9.17, 15) is 0 Å². The molecule has 6 rings (SSSR count). The maximum Gasteiger partial charge on any atom is 0.146 e. The zero-order valence-corrected chi connectivity index (χ0v) is 32.5. The van der Waals surface area contributed by atoms with Crippen molar-refractivity contribution in [3.05, 3.63) is 118 Å². The van der Waals surface area contributed by atoms with Crippen molar-refractivity contribution in [2.75, 3.05) is 0 Å². The van der Waals surface area contributed by atoms with Crippen LogP contribution in [0.2, 0.25) is 16.6 Å². The van der Waals surface area contributed by atoms with Crippen LogP contribution in [0.1, 0.15) is 114 Å². The van der Waals surface area contributed by atoms with Gasteiger partial charge >= 0.3 is 0 Å². The maximum absolute atomic E-state index is 5.99. The lowest BCUT2D eigenvalue weighted by Gasteiger charge is -2.38. The predicted molar refractivity (Wildman–Crippen MR) is 223 cm³/mol. The summed E-state index contributed by atoms with van der Waals surface area (Å²) >= 11 is 0. The molecule has 0 nitrogen and oxygen atoms in total. The van der Waals surface area contributed by atoms with Gasteiger partial charge in [0, 0.05) is 22.3 Å². The van der Waals surface area contributed by atoms with Gasteiger partial charge in [-0.2, -0.15) is 0 Å². The van der Waals surface area contributed by atoms with Gasteiger partial charge in [0.1, 0.15) is 8.07 Å². The largest absolute Gasteiger partial charge is 0.146 e. The quantitative estimate of drug-likeness (QED) is 0.0976. The highest BCUT2D eigenvalue weighted by atomic mass is 28.3. The van der Waals surface area contributed by atoms with Gasteiger partial charge in [-0.1, -0.05) is 141 Å². The van der Waals surface area contributed by atoms with E-state index in [-0.39, 0.29) is 0 Å². The van der Waals surface area contributed by atoms with Crippen LogP contribution in [-0.4, -0.2) is 8.07 Å². The first-order valence-electron chi connectivity index (χ1n) is 18.4. The molecule has 1 heteroatoms. The van der Waals surface area contributed by atoms with Gasteiger partial charge < -0.3 is 0 Å². The average molecular weight is 667 g/mol. The van der Waals surface area contributed by atoms with E-state index >= 15 is 0 Å². The second-order valence-electron chi connectivity index (χ2n) is 15.5. The molecule has 0 aliphatic heterocycles. The molecule has 0 saturated heterocycles. The van der Waals surface area contributed by atoms with E-state index in [2.05, 4.69) is 177 Å². The molecule has 0 atom stereocenters. The molecule has 0 fully saturated rings. The monoisotopic (exact) mass is 666 g/mol. The van der Waals surface area contributed by atoms with Crippen LogP contribution in [0.25, 0.3) is 43.1 Å². The SMILES string of the molecule is C#Cc1cccc2c(C(C)C)c3cccc(C#Cc4cccc5c(C(C)C)c6cccc(C#C[Si](C(C)C)(C(C)C)C(C)C)c6cc45)c3cc12. The van der Waals surface area contributed by atoms with Gasteiger partial charge in [-0.3, -0.25) is 0 Å². The van der Waals surface area contributed by atoms with Crippen molar-refractivity contribution in [3.8, 4) is 35.6 Å². The van der Waals surface area contributed by atoms with Crippen molar-refractivity contribution in [1.82, 2.24) is 0 Å². The molecule has 0 aromatic heterocycles. The number of terminal acetylenes is 1. The smallest absolute Gasteiger partial charge is 0.125 e. The fraction of sp³-hybridized carbons (Fsp3) is 0.306. The summed E-state index contributed by atoms with van der Waals surface area (Å²) in [6.07, 6.45) is 5.99. The molecular formula is C49H50Si. The zero-order chi connectivity index (χ0) is 35.9.